The van der Waals surface area contributed by atoms with Crippen LogP contribution in [0.3, 0.4) is 0 Å². The molecule has 0 radical (unpaired) electrons. The number of aromatic nitrogens is 2. The molecule has 11 heavy (non-hydrogen) atoms. The van der Waals surface area contributed by atoms with Crippen LogP contribution in [0.15, 0.2) is 24.4 Å². The number of hydrogen-bond donors (Lipinski definition) is 1. The van der Waals surface area contributed by atoms with Crippen molar-refractivity contribution < 1.29 is 5.11 Å². The molecule has 0 aliphatic rings. The summed E-state index contributed by atoms with van der Waals surface area (Å²) < 4.78 is 1.65. The predicted octanol–water partition coefficient (Wildman–Crippen LogP) is 1.03. The Balaban J connectivity index is 2.84. The molecular formula is C8H12N2O. The monoisotopic (exact) mass is 152 g/mol. The number of rotatable bonds is 2. The van der Waals surface area contributed by atoms with Crippen LogP contribution in [0.1, 0.15) is 18.7 Å². The van der Waals surface area contributed by atoms with Crippen LogP contribution in [0.5, 0.6) is 0 Å². The van der Waals surface area contributed by atoms with Gasteiger partial charge in [-0.2, -0.15) is 5.10 Å². The average Bonchev–Trinajstić information content (AvgIpc) is 2.34. The van der Waals surface area contributed by atoms with Crippen LogP contribution in [-0.4, -0.2) is 14.9 Å². The summed E-state index contributed by atoms with van der Waals surface area (Å²) in [7, 11) is 1.81. The SMILES string of the molecule is C=C(C)C(O)c1ccn(C)n1. The Morgan fingerprint density at radius 2 is 2.45 bits per heavy atom. The van der Waals surface area contributed by atoms with E-state index in [1.807, 2.05) is 7.05 Å². The van der Waals surface area contributed by atoms with Gasteiger partial charge < -0.3 is 5.11 Å². The maximum absolute atomic E-state index is 9.44. The molecule has 1 heterocycles. The molecule has 1 aromatic rings. The lowest BCUT2D eigenvalue weighted by molar-refractivity contribution is 0.210. The van der Waals surface area contributed by atoms with E-state index in [1.165, 1.54) is 0 Å². The summed E-state index contributed by atoms with van der Waals surface area (Å²) in [4.78, 5) is 0. The smallest absolute Gasteiger partial charge is 0.118 e. The molecular weight excluding hydrogens is 140 g/mol. The van der Waals surface area contributed by atoms with E-state index in [2.05, 4.69) is 11.7 Å². The molecule has 1 unspecified atom stereocenters. The van der Waals surface area contributed by atoms with Gasteiger partial charge in [0.2, 0.25) is 0 Å². The van der Waals surface area contributed by atoms with Crippen LogP contribution in [0.2, 0.25) is 0 Å². The molecule has 60 valence electrons. The molecule has 0 saturated heterocycles. The van der Waals surface area contributed by atoms with E-state index in [4.69, 9.17) is 0 Å². The Bertz CT molecular complexity index is 265. The number of aryl methyl sites for hydroxylation is 1. The van der Waals surface area contributed by atoms with Crippen molar-refractivity contribution >= 4 is 0 Å². The molecule has 0 fully saturated rings. The zero-order chi connectivity index (χ0) is 8.43. The summed E-state index contributed by atoms with van der Waals surface area (Å²) in [6.07, 6.45) is 1.16. The lowest BCUT2D eigenvalue weighted by Gasteiger charge is -2.04. The molecule has 0 aliphatic heterocycles. The van der Waals surface area contributed by atoms with Crippen LogP contribution in [0, 0.1) is 0 Å². The maximum atomic E-state index is 9.44. The Morgan fingerprint density at radius 1 is 1.82 bits per heavy atom. The van der Waals surface area contributed by atoms with Crippen molar-refractivity contribution in [1.82, 2.24) is 9.78 Å². The van der Waals surface area contributed by atoms with E-state index in [1.54, 1.807) is 23.9 Å². The lowest BCUT2D eigenvalue weighted by Crippen LogP contribution is -2.00. The molecule has 1 atom stereocenters. The van der Waals surface area contributed by atoms with Crippen LogP contribution in [-0.2, 0) is 7.05 Å². The second-order valence-corrected chi connectivity index (χ2v) is 2.66. The van der Waals surface area contributed by atoms with Crippen LogP contribution < -0.4 is 0 Å². The third-order valence-electron chi connectivity index (χ3n) is 1.48. The van der Waals surface area contributed by atoms with Crippen molar-refractivity contribution in [3.63, 3.8) is 0 Å². The number of nitrogens with zero attached hydrogens (tertiary/aromatic N) is 2. The van der Waals surface area contributed by atoms with E-state index in [9.17, 15) is 5.11 Å². The van der Waals surface area contributed by atoms with Gasteiger partial charge in [0, 0.05) is 13.2 Å². The molecule has 3 nitrogen and oxygen atoms in total. The van der Waals surface area contributed by atoms with Crippen molar-refractivity contribution in [2.75, 3.05) is 0 Å². The van der Waals surface area contributed by atoms with Crippen LogP contribution in [0.25, 0.3) is 0 Å². The molecule has 3 heteroatoms. The largest absolute Gasteiger partial charge is 0.382 e. The highest BCUT2D eigenvalue weighted by atomic mass is 16.3. The molecule has 0 saturated carbocycles. The van der Waals surface area contributed by atoms with E-state index >= 15 is 0 Å². The standard InChI is InChI=1S/C8H12N2O/c1-6(2)8(11)7-4-5-10(3)9-7/h4-5,8,11H,1H2,2-3H3. The van der Waals surface area contributed by atoms with Gasteiger partial charge in [0.15, 0.2) is 0 Å². The fourth-order valence-electron chi connectivity index (χ4n) is 0.831. The molecule has 0 amide bonds. The van der Waals surface area contributed by atoms with Crippen molar-refractivity contribution in [2.24, 2.45) is 7.05 Å². The normalized spacial score (nSPS) is 13.0. The van der Waals surface area contributed by atoms with Gasteiger partial charge >= 0.3 is 0 Å². The highest BCUT2D eigenvalue weighted by Gasteiger charge is 2.09. The van der Waals surface area contributed by atoms with Crippen molar-refractivity contribution in [1.29, 1.82) is 0 Å². The minimum Gasteiger partial charge on any atom is -0.382 e. The Hall–Kier alpha value is -1.09. The van der Waals surface area contributed by atoms with Crippen molar-refractivity contribution in [3.05, 3.63) is 30.1 Å². The molecule has 0 aromatic carbocycles. The molecule has 1 rings (SSSR count). The summed E-state index contributed by atoms with van der Waals surface area (Å²) in [6.45, 7) is 5.42. The summed E-state index contributed by atoms with van der Waals surface area (Å²) in [6, 6.07) is 1.78. The summed E-state index contributed by atoms with van der Waals surface area (Å²) in [5.74, 6) is 0. The molecule has 0 spiro atoms. The lowest BCUT2D eigenvalue weighted by atomic mass is 10.1. The zero-order valence-electron chi connectivity index (χ0n) is 6.78. The Labute approximate surface area is 66.0 Å². The third kappa shape index (κ3) is 1.68. The van der Waals surface area contributed by atoms with Gasteiger partial charge in [-0.15, -0.1) is 0 Å². The molecule has 1 aromatic heterocycles. The molecule has 1 N–H and O–H groups in total. The highest BCUT2D eigenvalue weighted by Crippen LogP contribution is 2.16. The molecule has 0 bridgehead atoms. The van der Waals surface area contributed by atoms with E-state index < -0.39 is 6.10 Å². The number of hydrogen-bond acceptors (Lipinski definition) is 2. The van der Waals surface area contributed by atoms with Gasteiger partial charge in [0.25, 0.3) is 0 Å². The maximum Gasteiger partial charge on any atom is 0.118 e. The van der Waals surface area contributed by atoms with E-state index in [0.717, 1.165) is 0 Å². The predicted molar refractivity (Wildman–Crippen MR) is 43.0 cm³/mol. The third-order valence-corrected chi connectivity index (χ3v) is 1.48. The van der Waals surface area contributed by atoms with Gasteiger partial charge in [-0.25, -0.2) is 0 Å². The Kier molecular flexibility index (Phi) is 2.10. The Morgan fingerprint density at radius 3 is 2.82 bits per heavy atom. The number of aliphatic hydroxyl groups is 1. The first-order valence-corrected chi connectivity index (χ1v) is 3.44. The van der Waals surface area contributed by atoms with Gasteiger partial charge in [-0.1, -0.05) is 6.58 Å². The summed E-state index contributed by atoms with van der Waals surface area (Å²) in [5, 5.41) is 13.5. The second-order valence-electron chi connectivity index (χ2n) is 2.66. The summed E-state index contributed by atoms with van der Waals surface area (Å²) >= 11 is 0. The van der Waals surface area contributed by atoms with Gasteiger partial charge in [-0.05, 0) is 18.6 Å². The van der Waals surface area contributed by atoms with Gasteiger partial charge in [0.05, 0.1) is 5.69 Å². The molecule has 0 aliphatic carbocycles. The summed E-state index contributed by atoms with van der Waals surface area (Å²) in [5.41, 5.74) is 1.36. The minimum atomic E-state index is -0.629. The van der Waals surface area contributed by atoms with Gasteiger partial charge in [-0.3, -0.25) is 4.68 Å². The zero-order valence-corrected chi connectivity index (χ0v) is 6.78. The van der Waals surface area contributed by atoms with Gasteiger partial charge in [0.1, 0.15) is 6.10 Å². The second kappa shape index (κ2) is 2.88. The topological polar surface area (TPSA) is 38.0 Å². The van der Waals surface area contributed by atoms with Crippen LogP contribution in [0.4, 0.5) is 0 Å². The van der Waals surface area contributed by atoms with Crippen molar-refractivity contribution in [3.8, 4) is 0 Å². The van der Waals surface area contributed by atoms with Crippen molar-refractivity contribution in [2.45, 2.75) is 13.0 Å². The fraction of sp³-hybridized carbons (Fsp3) is 0.375. The first kappa shape index (κ1) is 8.01. The number of aliphatic hydroxyl groups excluding tert-OH is 1. The van der Waals surface area contributed by atoms with E-state index in [-0.39, 0.29) is 0 Å². The minimum absolute atomic E-state index is 0.629. The van der Waals surface area contributed by atoms with Crippen LogP contribution >= 0.6 is 0 Å². The average molecular weight is 152 g/mol. The first-order valence-electron chi connectivity index (χ1n) is 3.44. The first-order chi connectivity index (χ1) is 5.11. The highest BCUT2D eigenvalue weighted by molar-refractivity contribution is 5.13. The van der Waals surface area contributed by atoms with E-state index in [0.29, 0.717) is 11.3 Å². The fourth-order valence-corrected chi connectivity index (χ4v) is 0.831. The quantitative estimate of drug-likeness (QED) is 0.643.